The first-order valence-corrected chi connectivity index (χ1v) is 6.16. The minimum Gasteiger partial charge on any atom is -0.297 e. The van der Waals surface area contributed by atoms with E-state index in [2.05, 4.69) is 53.6 Å². The molecular formula is C14H16N4. The molecule has 0 bridgehead atoms. The Morgan fingerprint density at radius 1 is 1.17 bits per heavy atom. The van der Waals surface area contributed by atoms with Crippen LogP contribution < -0.4 is 0 Å². The minimum atomic E-state index is 0.884. The fraction of sp³-hybridized carbons (Fsp3) is 0.286. The van der Waals surface area contributed by atoms with Crippen molar-refractivity contribution in [1.82, 2.24) is 19.2 Å². The van der Waals surface area contributed by atoms with Gasteiger partial charge >= 0.3 is 0 Å². The molecule has 0 aliphatic heterocycles. The van der Waals surface area contributed by atoms with Crippen LogP contribution in [0.3, 0.4) is 0 Å². The van der Waals surface area contributed by atoms with Crippen molar-refractivity contribution in [3.8, 4) is 11.3 Å². The van der Waals surface area contributed by atoms with Crippen LogP contribution in [0.1, 0.15) is 18.2 Å². The molecule has 0 fully saturated rings. The van der Waals surface area contributed by atoms with Crippen molar-refractivity contribution in [2.75, 3.05) is 0 Å². The third-order valence-corrected chi connectivity index (χ3v) is 3.19. The van der Waals surface area contributed by atoms with E-state index in [4.69, 9.17) is 0 Å². The zero-order valence-corrected chi connectivity index (χ0v) is 10.9. The second-order valence-corrected chi connectivity index (χ2v) is 4.60. The summed E-state index contributed by atoms with van der Waals surface area (Å²) in [6, 6.07) is 4.27. The summed E-state index contributed by atoms with van der Waals surface area (Å²) < 4.78 is 4.10. The summed E-state index contributed by atoms with van der Waals surface area (Å²) in [6.45, 7) is 7.17. The second kappa shape index (κ2) is 3.98. The number of fused-ring (bicyclic) bond motifs is 1. The van der Waals surface area contributed by atoms with Crippen LogP contribution in [-0.2, 0) is 6.54 Å². The van der Waals surface area contributed by atoms with E-state index >= 15 is 0 Å². The first-order chi connectivity index (χ1) is 8.69. The van der Waals surface area contributed by atoms with E-state index in [-0.39, 0.29) is 0 Å². The molecule has 0 aromatic carbocycles. The van der Waals surface area contributed by atoms with Gasteiger partial charge in [-0.2, -0.15) is 5.10 Å². The lowest BCUT2D eigenvalue weighted by molar-refractivity contribution is 0.660. The van der Waals surface area contributed by atoms with Gasteiger partial charge in [0.2, 0.25) is 0 Å². The van der Waals surface area contributed by atoms with Crippen molar-refractivity contribution in [3.05, 3.63) is 42.0 Å². The second-order valence-electron chi connectivity index (χ2n) is 4.60. The average Bonchev–Trinajstić information content (AvgIpc) is 2.93. The van der Waals surface area contributed by atoms with Gasteiger partial charge in [-0.05, 0) is 38.5 Å². The summed E-state index contributed by atoms with van der Waals surface area (Å²) in [7, 11) is 0. The quantitative estimate of drug-likeness (QED) is 0.690. The van der Waals surface area contributed by atoms with Crippen molar-refractivity contribution in [2.24, 2.45) is 0 Å². The van der Waals surface area contributed by atoms with Crippen LogP contribution in [0.25, 0.3) is 16.9 Å². The molecule has 0 aliphatic carbocycles. The van der Waals surface area contributed by atoms with E-state index in [0.717, 1.165) is 23.4 Å². The van der Waals surface area contributed by atoms with Gasteiger partial charge in [-0.1, -0.05) is 0 Å². The van der Waals surface area contributed by atoms with E-state index < -0.39 is 0 Å². The van der Waals surface area contributed by atoms with Crippen LogP contribution >= 0.6 is 0 Å². The van der Waals surface area contributed by atoms with Gasteiger partial charge in [0.15, 0.2) is 0 Å². The molecule has 0 saturated heterocycles. The molecule has 3 heterocycles. The molecular weight excluding hydrogens is 224 g/mol. The summed E-state index contributed by atoms with van der Waals surface area (Å²) in [5.74, 6) is 0. The molecule has 18 heavy (non-hydrogen) atoms. The SMILES string of the molecule is CCn1cc(-c2cnc3cc(C)cc(C)n23)cn1. The molecule has 4 nitrogen and oxygen atoms in total. The third-order valence-electron chi connectivity index (χ3n) is 3.19. The molecule has 0 atom stereocenters. The molecule has 92 valence electrons. The molecule has 3 aromatic heterocycles. The Bertz CT molecular complexity index is 706. The lowest BCUT2D eigenvalue weighted by Gasteiger charge is -2.05. The maximum atomic E-state index is 4.48. The number of rotatable bonds is 2. The molecule has 0 radical (unpaired) electrons. The highest BCUT2D eigenvalue weighted by molar-refractivity contribution is 5.63. The van der Waals surface area contributed by atoms with Crippen LogP contribution in [0, 0.1) is 13.8 Å². The fourth-order valence-corrected chi connectivity index (χ4v) is 2.35. The predicted molar refractivity (Wildman–Crippen MR) is 71.6 cm³/mol. The number of hydrogen-bond donors (Lipinski definition) is 0. The molecule has 0 saturated carbocycles. The van der Waals surface area contributed by atoms with Crippen LogP contribution in [0.4, 0.5) is 0 Å². The highest BCUT2D eigenvalue weighted by Crippen LogP contribution is 2.22. The Hall–Kier alpha value is -2.10. The third kappa shape index (κ3) is 1.61. The van der Waals surface area contributed by atoms with Gasteiger partial charge in [0.25, 0.3) is 0 Å². The van der Waals surface area contributed by atoms with Crippen molar-refractivity contribution >= 4 is 5.65 Å². The minimum absolute atomic E-state index is 0.884. The fourth-order valence-electron chi connectivity index (χ4n) is 2.35. The molecule has 3 aromatic rings. The zero-order chi connectivity index (χ0) is 12.7. The van der Waals surface area contributed by atoms with Crippen molar-refractivity contribution in [1.29, 1.82) is 0 Å². The molecule has 0 unspecified atom stereocenters. The first-order valence-electron chi connectivity index (χ1n) is 6.16. The topological polar surface area (TPSA) is 35.1 Å². The molecule has 0 amide bonds. The monoisotopic (exact) mass is 240 g/mol. The number of aryl methyl sites for hydroxylation is 3. The van der Waals surface area contributed by atoms with Crippen LogP contribution in [-0.4, -0.2) is 19.2 Å². The van der Waals surface area contributed by atoms with Gasteiger partial charge in [0.05, 0.1) is 18.1 Å². The molecule has 0 spiro atoms. The largest absolute Gasteiger partial charge is 0.297 e. The van der Waals surface area contributed by atoms with Gasteiger partial charge < -0.3 is 0 Å². The summed E-state index contributed by atoms with van der Waals surface area (Å²) in [4.78, 5) is 4.48. The summed E-state index contributed by atoms with van der Waals surface area (Å²) in [5, 5.41) is 4.32. The van der Waals surface area contributed by atoms with Gasteiger partial charge in [0, 0.05) is 24.0 Å². The van der Waals surface area contributed by atoms with Crippen molar-refractivity contribution in [2.45, 2.75) is 27.3 Å². The number of nitrogens with zero attached hydrogens (tertiary/aromatic N) is 4. The van der Waals surface area contributed by atoms with E-state index in [1.54, 1.807) is 0 Å². The smallest absolute Gasteiger partial charge is 0.137 e. The van der Waals surface area contributed by atoms with E-state index in [1.165, 1.54) is 11.3 Å². The van der Waals surface area contributed by atoms with Gasteiger partial charge in [-0.3, -0.25) is 9.08 Å². The molecule has 0 N–H and O–H groups in total. The van der Waals surface area contributed by atoms with E-state index in [1.807, 2.05) is 17.1 Å². The Kier molecular flexibility index (Phi) is 2.44. The van der Waals surface area contributed by atoms with Gasteiger partial charge in [0.1, 0.15) is 5.65 Å². The highest BCUT2D eigenvalue weighted by atomic mass is 15.3. The summed E-state index contributed by atoms with van der Waals surface area (Å²) in [6.07, 6.45) is 5.87. The van der Waals surface area contributed by atoms with Crippen molar-refractivity contribution < 1.29 is 0 Å². The van der Waals surface area contributed by atoms with Gasteiger partial charge in [-0.15, -0.1) is 0 Å². The summed E-state index contributed by atoms with van der Waals surface area (Å²) >= 11 is 0. The Balaban J connectivity index is 2.23. The number of aromatic nitrogens is 4. The normalized spacial score (nSPS) is 11.3. The molecule has 3 rings (SSSR count). The molecule has 4 heteroatoms. The zero-order valence-electron chi connectivity index (χ0n) is 10.9. The maximum absolute atomic E-state index is 4.48. The average molecular weight is 240 g/mol. The van der Waals surface area contributed by atoms with Crippen LogP contribution in [0.5, 0.6) is 0 Å². The van der Waals surface area contributed by atoms with E-state index in [0.29, 0.717) is 0 Å². The molecule has 0 aliphatic rings. The number of pyridine rings is 1. The Morgan fingerprint density at radius 3 is 2.72 bits per heavy atom. The number of hydrogen-bond acceptors (Lipinski definition) is 2. The van der Waals surface area contributed by atoms with Gasteiger partial charge in [-0.25, -0.2) is 4.98 Å². The lowest BCUT2D eigenvalue weighted by atomic mass is 10.2. The van der Waals surface area contributed by atoms with Crippen LogP contribution in [0.2, 0.25) is 0 Å². The standard InChI is InChI=1S/C14H16N4/c1-4-17-9-12(7-16-17)13-8-15-14-6-10(2)5-11(3)18(13)14/h5-9H,4H2,1-3H3. The summed E-state index contributed by atoms with van der Waals surface area (Å²) in [5.41, 5.74) is 5.63. The maximum Gasteiger partial charge on any atom is 0.137 e. The highest BCUT2D eigenvalue weighted by Gasteiger charge is 2.10. The Morgan fingerprint density at radius 2 is 2.00 bits per heavy atom. The van der Waals surface area contributed by atoms with E-state index in [9.17, 15) is 0 Å². The number of imidazole rings is 1. The van der Waals surface area contributed by atoms with Crippen molar-refractivity contribution in [3.63, 3.8) is 0 Å². The first kappa shape index (κ1) is 11.0. The Labute approximate surface area is 106 Å². The lowest BCUT2D eigenvalue weighted by Crippen LogP contribution is -1.94. The van der Waals surface area contributed by atoms with Crippen LogP contribution in [0.15, 0.2) is 30.7 Å². The predicted octanol–water partition coefficient (Wildman–Crippen LogP) is 2.83.